The van der Waals surface area contributed by atoms with E-state index in [-0.39, 0.29) is 5.69 Å². The highest BCUT2D eigenvalue weighted by Crippen LogP contribution is 2.25. The van der Waals surface area contributed by atoms with Gasteiger partial charge in [-0.15, -0.1) is 0 Å². The molecule has 0 unspecified atom stereocenters. The van der Waals surface area contributed by atoms with Gasteiger partial charge in [0.2, 0.25) is 5.89 Å². The van der Waals surface area contributed by atoms with Crippen molar-refractivity contribution in [2.45, 2.75) is 13.3 Å². The summed E-state index contributed by atoms with van der Waals surface area (Å²) in [6, 6.07) is 6.32. The van der Waals surface area contributed by atoms with Gasteiger partial charge in [-0.05, 0) is 25.0 Å². The average molecular weight is 278 g/mol. The van der Waals surface area contributed by atoms with Gasteiger partial charge in [0.1, 0.15) is 5.76 Å². The van der Waals surface area contributed by atoms with Gasteiger partial charge in [-0.3, -0.25) is 10.1 Å². The molecule has 0 saturated heterocycles. The standard InChI is InChI=1S/C13H14N2O3S/c1-9-12(6-7-19-2)14-13(18-9)10-4-3-5-11(8-10)15(16)17/h3-5,8H,6-7H2,1-2H3. The predicted molar refractivity (Wildman–Crippen MR) is 75.4 cm³/mol. The number of nitrogens with zero attached hydrogens (tertiary/aromatic N) is 2. The SMILES string of the molecule is CSCCc1nc(-c2cccc([N+](=O)[O-])c2)oc1C. The van der Waals surface area contributed by atoms with Crippen molar-refractivity contribution in [3.63, 3.8) is 0 Å². The third kappa shape index (κ3) is 3.14. The van der Waals surface area contributed by atoms with Crippen LogP contribution < -0.4 is 0 Å². The lowest BCUT2D eigenvalue weighted by atomic mass is 10.2. The second-order valence-corrected chi connectivity index (χ2v) is 5.06. The van der Waals surface area contributed by atoms with Gasteiger partial charge in [0, 0.05) is 24.1 Å². The summed E-state index contributed by atoms with van der Waals surface area (Å²) in [6.07, 6.45) is 2.88. The molecule has 100 valence electrons. The topological polar surface area (TPSA) is 69.2 Å². The molecule has 1 heterocycles. The van der Waals surface area contributed by atoms with Gasteiger partial charge in [-0.25, -0.2) is 4.98 Å². The van der Waals surface area contributed by atoms with E-state index in [1.165, 1.54) is 12.1 Å². The zero-order chi connectivity index (χ0) is 13.8. The number of aryl methyl sites for hydroxylation is 2. The molecule has 0 spiro atoms. The molecule has 2 aromatic rings. The lowest BCUT2D eigenvalue weighted by Crippen LogP contribution is -1.91. The van der Waals surface area contributed by atoms with Crippen LogP contribution in [0.3, 0.4) is 0 Å². The second-order valence-electron chi connectivity index (χ2n) is 4.07. The number of non-ortho nitro benzene ring substituents is 1. The maximum Gasteiger partial charge on any atom is 0.270 e. The molecule has 0 atom stereocenters. The van der Waals surface area contributed by atoms with Crippen LogP contribution in [-0.2, 0) is 6.42 Å². The lowest BCUT2D eigenvalue weighted by molar-refractivity contribution is -0.384. The van der Waals surface area contributed by atoms with E-state index in [1.807, 2.05) is 13.2 Å². The molecule has 0 amide bonds. The van der Waals surface area contributed by atoms with E-state index in [9.17, 15) is 10.1 Å². The molecule has 1 aromatic heterocycles. The fourth-order valence-electron chi connectivity index (χ4n) is 1.73. The van der Waals surface area contributed by atoms with Crippen molar-refractivity contribution in [1.29, 1.82) is 0 Å². The first-order valence-corrected chi connectivity index (χ1v) is 7.21. The maximum atomic E-state index is 10.7. The highest BCUT2D eigenvalue weighted by Gasteiger charge is 2.14. The molecule has 19 heavy (non-hydrogen) atoms. The van der Waals surface area contributed by atoms with Crippen LogP contribution in [0.5, 0.6) is 0 Å². The summed E-state index contributed by atoms with van der Waals surface area (Å²) in [5.41, 5.74) is 1.59. The first kappa shape index (κ1) is 13.6. The molecular formula is C13H14N2O3S. The number of nitro groups is 1. The molecule has 0 fully saturated rings. The van der Waals surface area contributed by atoms with Crippen molar-refractivity contribution in [3.05, 3.63) is 45.8 Å². The molecule has 0 bridgehead atoms. The van der Waals surface area contributed by atoms with Crippen LogP contribution in [0.1, 0.15) is 11.5 Å². The van der Waals surface area contributed by atoms with Gasteiger partial charge in [-0.1, -0.05) is 6.07 Å². The minimum absolute atomic E-state index is 0.0408. The summed E-state index contributed by atoms with van der Waals surface area (Å²) in [5, 5.41) is 10.7. The first-order valence-electron chi connectivity index (χ1n) is 5.82. The van der Waals surface area contributed by atoms with Crippen LogP contribution in [0, 0.1) is 17.0 Å². The Bertz CT molecular complexity index is 595. The largest absolute Gasteiger partial charge is 0.441 e. The lowest BCUT2D eigenvalue weighted by Gasteiger charge is -1.95. The molecule has 0 radical (unpaired) electrons. The van der Waals surface area contributed by atoms with Gasteiger partial charge >= 0.3 is 0 Å². The van der Waals surface area contributed by atoms with E-state index in [0.29, 0.717) is 11.5 Å². The minimum Gasteiger partial charge on any atom is -0.441 e. The van der Waals surface area contributed by atoms with Gasteiger partial charge < -0.3 is 4.42 Å². The summed E-state index contributed by atoms with van der Waals surface area (Å²) in [6.45, 7) is 1.86. The number of rotatable bonds is 5. The van der Waals surface area contributed by atoms with Gasteiger partial charge in [0.15, 0.2) is 0 Å². The summed E-state index contributed by atoms with van der Waals surface area (Å²) in [5.74, 6) is 2.19. The van der Waals surface area contributed by atoms with Gasteiger partial charge in [0.25, 0.3) is 5.69 Å². The number of oxazole rings is 1. The summed E-state index contributed by atoms with van der Waals surface area (Å²) in [7, 11) is 0. The Morgan fingerprint density at radius 3 is 2.95 bits per heavy atom. The number of hydrogen-bond acceptors (Lipinski definition) is 5. The predicted octanol–water partition coefficient (Wildman–Crippen LogP) is 3.46. The van der Waals surface area contributed by atoms with E-state index < -0.39 is 4.92 Å². The third-order valence-corrected chi connectivity index (χ3v) is 3.35. The molecule has 0 saturated carbocycles. The summed E-state index contributed by atoms with van der Waals surface area (Å²) < 4.78 is 5.59. The van der Waals surface area contributed by atoms with Crippen LogP contribution in [0.15, 0.2) is 28.7 Å². The number of benzene rings is 1. The van der Waals surface area contributed by atoms with E-state index in [0.717, 1.165) is 23.6 Å². The van der Waals surface area contributed by atoms with Crippen LogP contribution >= 0.6 is 11.8 Å². The molecule has 1 aromatic carbocycles. The Morgan fingerprint density at radius 1 is 1.47 bits per heavy atom. The molecule has 0 aliphatic rings. The Balaban J connectivity index is 2.31. The molecule has 5 nitrogen and oxygen atoms in total. The summed E-state index contributed by atoms with van der Waals surface area (Å²) in [4.78, 5) is 14.7. The first-order chi connectivity index (χ1) is 9.11. The Labute approximate surface area is 115 Å². The molecule has 2 rings (SSSR count). The fourth-order valence-corrected chi connectivity index (χ4v) is 2.13. The van der Waals surface area contributed by atoms with Crippen LogP contribution in [0.4, 0.5) is 5.69 Å². The molecule has 0 N–H and O–H groups in total. The smallest absolute Gasteiger partial charge is 0.270 e. The maximum absolute atomic E-state index is 10.7. The van der Waals surface area contributed by atoms with Crippen molar-refractivity contribution < 1.29 is 9.34 Å². The fraction of sp³-hybridized carbons (Fsp3) is 0.308. The van der Waals surface area contributed by atoms with Crippen molar-refractivity contribution in [1.82, 2.24) is 4.98 Å². The zero-order valence-corrected chi connectivity index (χ0v) is 11.6. The monoisotopic (exact) mass is 278 g/mol. The van der Waals surface area contributed by atoms with E-state index in [4.69, 9.17) is 4.42 Å². The van der Waals surface area contributed by atoms with Crippen LogP contribution in [0.25, 0.3) is 11.5 Å². The molecular weight excluding hydrogens is 264 g/mol. The van der Waals surface area contributed by atoms with E-state index in [1.54, 1.807) is 23.9 Å². The van der Waals surface area contributed by atoms with Gasteiger partial charge in [0.05, 0.1) is 10.6 Å². The minimum atomic E-state index is -0.423. The quantitative estimate of drug-likeness (QED) is 0.618. The second kappa shape index (κ2) is 5.88. The Hall–Kier alpha value is -1.82. The zero-order valence-electron chi connectivity index (χ0n) is 10.8. The highest BCUT2D eigenvalue weighted by molar-refractivity contribution is 7.98. The Kier molecular flexibility index (Phi) is 4.21. The van der Waals surface area contributed by atoms with Crippen molar-refractivity contribution in [2.24, 2.45) is 0 Å². The highest BCUT2D eigenvalue weighted by atomic mass is 32.2. The number of aromatic nitrogens is 1. The molecule has 6 heteroatoms. The Morgan fingerprint density at radius 2 is 2.26 bits per heavy atom. The van der Waals surface area contributed by atoms with Crippen LogP contribution in [-0.4, -0.2) is 21.9 Å². The van der Waals surface area contributed by atoms with Crippen molar-refractivity contribution in [2.75, 3.05) is 12.0 Å². The number of nitro benzene ring substituents is 1. The van der Waals surface area contributed by atoms with Crippen molar-refractivity contribution in [3.8, 4) is 11.5 Å². The average Bonchev–Trinajstić information content (AvgIpc) is 2.78. The normalized spacial score (nSPS) is 10.6. The molecule has 0 aliphatic heterocycles. The number of hydrogen-bond donors (Lipinski definition) is 0. The van der Waals surface area contributed by atoms with Crippen LogP contribution in [0.2, 0.25) is 0 Å². The molecule has 0 aliphatic carbocycles. The number of thioether (sulfide) groups is 1. The van der Waals surface area contributed by atoms with Crippen molar-refractivity contribution >= 4 is 17.4 Å². The van der Waals surface area contributed by atoms with E-state index >= 15 is 0 Å². The third-order valence-electron chi connectivity index (χ3n) is 2.74. The van der Waals surface area contributed by atoms with E-state index in [2.05, 4.69) is 4.98 Å². The summed E-state index contributed by atoms with van der Waals surface area (Å²) >= 11 is 1.75. The van der Waals surface area contributed by atoms with Gasteiger partial charge in [-0.2, -0.15) is 11.8 Å².